The zero-order chi connectivity index (χ0) is 21.5. The van der Waals surface area contributed by atoms with Gasteiger partial charge in [-0.1, -0.05) is 25.2 Å². The van der Waals surface area contributed by atoms with Gasteiger partial charge in [0.25, 0.3) is 0 Å². The molecule has 1 saturated carbocycles. The van der Waals surface area contributed by atoms with Crippen molar-refractivity contribution in [2.45, 2.75) is 57.9 Å². The van der Waals surface area contributed by atoms with Crippen LogP contribution in [0.25, 0.3) is 10.8 Å². The first-order valence-electron chi connectivity index (χ1n) is 10.6. The van der Waals surface area contributed by atoms with Crippen LogP contribution in [0.2, 0.25) is 0 Å². The van der Waals surface area contributed by atoms with Gasteiger partial charge < -0.3 is 10.6 Å². The molecule has 4 rings (SSSR count). The molecule has 0 aromatic carbocycles. The van der Waals surface area contributed by atoms with Gasteiger partial charge in [0.05, 0.1) is 11.1 Å². The molecule has 3 heterocycles. The number of allylic oxidation sites excluding steroid dienone is 1. The molecule has 1 amide bonds. The van der Waals surface area contributed by atoms with Gasteiger partial charge in [-0.05, 0) is 45.2 Å². The summed E-state index contributed by atoms with van der Waals surface area (Å²) in [4.78, 5) is 33.5. The number of rotatable bonds is 6. The van der Waals surface area contributed by atoms with E-state index in [-0.39, 0.29) is 23.7 Å². The van der Waals surface area contributed by atoms with E-state index in [1.54, 1.807) is 12.4 Å². The van der Waals surface area contributed by atoms with Crippen molar-refractivity contribution < 1.29 is 9.59 Å². The van der Waals surface area contributed by atoms with E-state index in [1.807, 2.05) is 32.1 Å². The molecule has 30 heavy (non-hydrogen) atoms. The molecule has 0 spiro atoms. The lowest BCUT2D eigenvalue weighted by atomic mass is 9.73. The van der Waals surface area contributed by atoms with Crippen LogP contribution in [0.5, 0.6) is 0 Å². The number of aromatic nitrogens is 2. The third-order valence-electron chi connectivity index (χ3n) is 6.30. The summed E-state index contributed by atoms with van der Waals surface area (Å²) in [5.41, 5.74) is 2.15. The monoisotopic (exact) mass is 404 g/mol. The van der Waals surface area contributed by atoms with Crippen LogP contribution < -0.4 is 10.6 Å². The molecule has 2 unspecified atom stereocenters. The maximum Gasteiger partial charge on any atom is 0.228 e. The van der Waals surface area contributed by atoms with E-state index in [2.05, 4.69) is 29.1 Å². The minimum absolute atomic E-state index is 0.0384. The lowest BCUT2D eigenvalue weighted by molar-refractivity contribution is -0.120. The van der Waals surface area contributed by atoms with E-state index >= 15 is 0 Å². The average Bonchev–Trinajstić information content (AvgIpc) is 3.57. The fourth-order valence-corrected chi connectivity index (χ4v) is 3.91. The van der Waals surface area contributed by atoms with Gasteiger partial charge in [0.2, 0.25) is 5.91 Å². The predicted octanol–water partition coefficient (Wildman–Crippen LogP) is 4.04. The molecule has 2 aromatic heterocycles. The first-order valence-corrected chi connectivity index (χ1v) is 10.6. The summed E-state index contributed by atoms with van der Waals surface area (Å²) >= 11 is 0. The fraction of sp³-hybridized carbons (Fsp3) is 0.417. The number of pyridine rings is 2. The molecule has 6 heteroatoms. The molecule has 6 nitrogen and oxygen atoms in total. The number of hydrogen-bond acceptors (Lipinski definition) is 5. The van der Waals surface area contributed by atoms with Crippen LogP contribution in [0.3, 0.4) is 0 Å². The zero-order valence-electron chi connectivity index (χ0n) is 17.8. The van der Waals surface area contributed by atoms with Gasteiger partial charge in [-0.2, -0.15) is 0 Å². The third kappa shape index (κ3) is 3.62. The number of hydrogen-bond donors (Lipinski definition) is 2. The van der Waals surface area contributed by atoms with Crippen molar-refractivity contribution in [3.05, 3.63) is 54.1 Å². The second-order valence-corrected chi connectivity index (χ2v) is 8.54. The zero-order valence-corrected chi connectivity index (χ0v) is 17.8. The molecule has 156 valence electrons. The molecule has 0 saturated heterocycles. The molecule has 2 atom stereocenters. The van der Waals surface area contributed by atoms with Crippen molar-refractivity contribution >= 4 is 28.3 Å². The Kier molecular flexibility index (Phi) is 5.18. The number of ketones is 1. The number of nitrogens with one attached hydrogen (secondary N) is 2. The molecule has 2 aromatic rings. The minimum atomic E-state index is -0.518. The van der Waals surface area contributed by atoms with Crippen molar-refractivity contribution in [3.63, 3.8) is 0 Å². The first-order chi connectivity index (χ1) is 14.3. The molecular formula is C24H28N4O2. The summed E-state index contributed by atoms with van der Waals surface area (Å²) in [6.07, 6.45) is 8.85. The number of Topliss-reactive ketones (excluding diaryl/α,β-unsaturated/α-hetero) is 1. The SMILES string of the molecule is C=C1NC(C(=O)CCC)C=C(C)C1(C)c1cc2cnc(NC(=O)C3CC3)cc2cn1. The highest BCUT2D eigenvalue weighted by molar-refractivity contribution is 5.95. The first kappa shape index (κ1) is 20.3. The van der Waals surface area contributed by atoms with Crippen molar-refractivity contribution in [2.75, 3.05) is 5.32 Å². The molecule has 2 aliphatic rings. The second kappa shape index (κ2) is 7.67. The van der Waals surface area contributed by atoms with Gasteiger partial charge in [-0.3, -0.25) is 14.6 Å². The standard InChI is InChI=1S/C24H28N4O2/c1-5-6-20(29)19-9-14(2)24(4,15(3)27-19)21-10-17-13-26-22(11-18(17)12-25-21)28-23(30)16-7-8-16/h9-13,16,19,27H,3,5-8H2,1-2,4H3,(H,26,28,30). The number of fused-ring (bicyclic) bond motifs is 1. The third-order valence-corrected chi connectivity index (χ3v) is 6.30. The maximum atomic E-state index is 12.4. The Morgan fingerprint density at radius 2 is 1.93 bits per heavy atom. The molecule has 1 aliphatic carbocycles. The van der Waals surface area contributed by atoms with Gasteiger partial charge >= 0.3 is 0 Å². The number of carbonyl (C=O) groups is 2. The van der Waals surface area contributed by atoms with Crippen LogP contribution in [0.4, 0.5) is 5.82 Å². The van der Waals surface area contributed by atoms with Crippen molar-refractivity contribution in [2.24, 2.45) is 5.92 Å². The number of carbonyl (C=O) groups excluding carboxylic acids is 2. The summed E-state index contributed by atoms with van der Waals surface area (Å²) < 4.78 is 0. The Bertz CT molecular complexity index is 1070. The smallest absolute Gasteiger partial charge is 0.228 e. The van der Waals surface area contributed by atoms with Crippen LogP contribution in [-0.4, -0.2) is 27.7 Å². The second-order valence-electron chi connectivity index (χ2n) is 8.54. The largest absolute Gasteiger partial charge is 0.375 e. The summed E-state index contributed by atoms with van der Waals surface area (Å²) in [7, 11) is 0. The summed E-state index contributed by atoms with van der Waals surface area (Å²) in [6.45, 7) is 10.3. The number of amides is 1. The van der Waals surface area contributed by atoms with Crippen LogP contribution in [0.15, 0.2) is 48.5 Å². The van der Waals surface area contributed by atoms with Crippen LogP contribution >= 0.6 is 0 Å². The number of anilines is 1. The molecule has 0 bridgehead atoms. The van der Waals surface area contributed by atoms with Gasteiger partial charge in [-0.25, -0.2) is 4.98 Å². The summed E-state index contributed by atoms with van der Waals surface area (Å²) in [6, 6.07) is 3.53. The van der Waals surface area contributed by atoms with E-state index < -0.39 is 5.41 Å². The van der Waals surface area contributed by atoms with E-state index in [9.17, 15) is 9.59 Å². The molecule has 1 aliphatic heterocycles. The van der Waals surface area contributed by atoms with E-state index in [0.717, 1.165) is 47.0 Å². The highest BCUT2D eigenvalue weighted by atomic mass is 16.2. The summed E-state index contributed by atoms with van der Waals surface area (Å²) in [5, 5.41) is 8.02. The Morgan fingerprint density at radius 3 is 2.60 bits per heavy atom. The Hall–Kier alpha value is -3.02. The average molecular weight is 405 g/mol. The van der Waals surface area contributed by atoms with Gasteiger partial charge in [-0.15, -0.1) is 0 Å². The highest BCUT2D eigenvalue weighted by Gasteiger charge is 2.39. The van der Waals surface area contributed by atoms with E-state index in [1.165, 1.54) is 0 Å². The molecule has 1 fully saturated rings. The van der Waals surface area contributed by atoms with Crippen molar-refractivity contribution in [1.29, 1.82) is 0 Å². The highest BCUT2D eigenvalue weighted by Crippen LogP contribution is 2.40. The fourth-order valence-electron chi connectivity index (χ4n) is 3.91. The molecule has 0 radical (unpaired) electrons. The van der Waals surface area contributed by atoms with Crippen LogP contribution in [0, 0.1) is 5.92 Å². The summed E-state index contributed by atoms with van der Waals surface area (Å²) in [5.74, 6) is 0.903. The predicted molar refractivity (Wildman–Crippen MR) is 118 cm³/mol. The topological polar surface area (TPSA) is 84.0 Å². The van der Waals surface area contributed by atoms with Gasteiger partial charge in [0.1, 0.15) is 11.9 Å². The maximum absolute atomic E-state index is 12.4. The number of nitrogens with zero attached hydrogens (tertiary/aromatic N) is 2. The molecule has 2 N–H and O–H groups in total. The van der Waals surface area contributed by atoms with Crippen molar-refractivity contribution in [1.82, 2.24) is 15.3 Å². The van der Waals surface area contributed by atoms with Crippen molar-refractivity contribution in [3.8, 4) is 0 Å². The quantitative estimate of drug-likeness (QED) is 0.710. The normalized spacial score (nSPS) is 23.6. The Labute approximate surface area is 176 Å². The van der Waals surface area contributed by atoms with Crippen LogP contribution in [-0.2, 0) is 15.0 Å². The lowest BCUT2D eigenvalue weighted by Crippen LogP contribution is -2.46. The Morgan fingerprint density at radius 1 is 1.23 bits per heavy atom. The minimum Gasteiger partial charge on any atom is -0.375 e. The van der Waals surface area contributed by atoms with Gasteiger partial charge in [0.15, 0.2) is 5.78 Å². The lowest BCUT2D eigenvalue weighted by Gasteiger charge is -2.39. The van der Waals surface area contributed by atoms with E-state index in [0.29, 0.717) is 12.2 Å². The van der Waals surface area contributed by atoms with E-state index in [4.69, 9.17) is 4.98 Å². The van der Waals surface area contributed by atoms with Gasteiger partial charge in [0, 0.05) is 41.2 Å². The molecular weight excluding hydrogens is 376 g/mol. The Balaban J connectivity index is 1.63. The van der Waals surface area contributed by atoms with Crippen LogP contribution in [0.1, 0.15) is 52.1 Å².